The number of carbonyl (C=O) groups excluding carboxylic acids is 1. The highest BCUT2D eigenvalue weighted by Gasteiger charge is 2.30. The second-order valence-electron chi connectivity index (χ2n) is 7.62. The lowest BCUT2D eigenvalue weighted by Crippen LogP contribution is -2.50. The van der Waals surface area contributed by atoms with Crippen LogP contribution in [0.3, 0.4) is 0 Å². The molecule has 3 aromatic rings. The highest BCUT2D eigenvalue weighted by Crippen LogP contribution is 2.18. The van der Waals surface area contributed by atoms with Crippen molar-refractivity contribution < 1.29 is 17.6 Å². The average molecular weight is 459 g/mol. The van der Waals surface area contributed by atoms with Crippen molar-refractivity contribution in [3.8, 4) is 0 Å². The van der Waals surface area contributed by atoms with Crippen LogP contribution in [0.4, 0.5) is 4.39 Å². The molecule has 168 valence electrons. The van der Waals surface area contributed by atoms with Gasteiger partial charge in [0.1, 0.15) is 11.6 Å². The molecule has 1 aliphatic rings. The highest BCUT2D eigenvalue weighted by atomic mass is 32.2. The summed E-state index contributed by atoms with van der Waals surface area (Å²) in [5.41, 5.74) is 0.437. The highest BCUT2D eigenvalue weighted by molar-refractivity contribution is 7.89. The summed E-state index contributed by atoms with van der Waals surface area (Å²) in [6.07, 6.45) is 0.117. The molecule has 0 N–H and O–H groups in total. The van der Waals surface area contributed by atoms with Crippen molar-refractivity contribution in [1.82, 2.24) is 18.8 Å². The maximum atomic E-state index is 13.1. The lowest BCUT2D eigenvalue weighted by atomic mass is 10.2. The molecular weight excluding hydrogens is 435 g/mol. The molecule has 1 saturated heterocycles. The number of hydrogen-bond donors (Lipinski definition) is 0. The molecule has 2 aromatic carbocycles. The first kappa shape index (κ1) is 22.1. The molecule has 1 fully saturated rings. The Morgan fingerprint density at radius 3 is 2.38 bits per heavy atom. The number of aromatic nitrogens is 2. The summed E-state index contributed by atoms with van der Waals surface area (Å²) in [7, 11) is -3.74. The average Bonchev–Trinajstić information content (AvgIpc) is 2.79. The van der Waals surface area contributed by atoms with Gasteiger partial charge in [-0.15, -0.1) is 0 Å². The van der Waals surface area contributed by atoms with Crippen molar-refractivity contribution in [2.75, 3.05) is 26.2 Å². The van der Waals surface area contributed by atoms with Gasteiger partial charge in [0.25, 0.3) is 5.56 Å². The molecule has 0 bridgehead atoms. The molecular formula is C22H23FN4O4S. The van der Waals surface area contributed by atoms with Crippen molar-refractivity contribution in [2.24, 2.45) is 0 Å². The van der Waals surface area contributed by atoms with Gasteiger partial charge in [0.05, 0.1) is 15.8 Å². The van der Waals surface area contributed by atoms with Crippen LogP contribution in [0.25, 0.3) is 10.9 Å². The first-order valence-corrected chi connectivity index (χ1v) is 11.7. The third kappa shape index (κ3) is 4.28. The number of carbonyl (C=O) groups is 1. The molecule has 1 aliphatic heterocycles. The van der Waals surface area contributed by atoms with Gasteiger partial charge in [-0.05, 0) is 43.3 Å². The predicted molar refractivity (Wildman–Crippen MR) is 117 cm³/mol. The number of benzene rings is 2. The Balaban J connectivity index is 1.39. The summed E-state index contributed by atoms with van der Waals surface area (Å²) in [5, 5.41) is 0.505. The van der Waals surface area contributed by atoms with Crippen LogP contribution in [0.2, 0.25) is 0 Å². The molecule has 0 atom stereocenters. The van der Waals surface area contributed by atoms with Crippen molar-refractivity contribution in [3.05, 3.63) is 70.5 Å². The Labute approximate surface area is 185 Å². The van der Waals surface area contributed by atoms with Crippen LogP contribution < -0.4 is 5.56 Å². The number of fused-ring (bicyclic) bond motifs is 1. The van der Waals surface area contributed by atoms with Gasteiger partial charge in [-0.25, -0.2) is 17.8 Å². The summed E-state index contributed by atoms with van der Waals surface area (Å²) in [5.74, 6) is -0.115. The Morgan fingerprint density at radius 2 is 1.69 bits per heavy atom. The Hall–Kier alpha value is -3.11. The molecule has 1 aromatic heterocycles. The Kier molecular flexibility index (Phi) is 6.07. The summed E-state index contributed by atoms with van der Waals surface area (Å²) in [6, 6.07) is 11.8. The Morgan fingerprint density at radius 1 is 1.03 bits per heavy atom. The van der Waals surface area contributed by atoms with Crippen molar-refractivity contribution in [2.45, 2.75) is 24.8 Å². The minimum Gasteiger partial charge on any atom is -0.340 e. The second-order valence-corrected chi connectivity index (χ2v) is 9.56. The first-order chi connectivity index (χ1) is 15.3. The van der Waals surface area contributed by atoms with E-state index in [1.54, 1.807) is 30.0 Å². The van der Waals surface area contributed by atoms with Crippen LogP contribution in [0.15, 0.2) is 58.2 Å². The minimum atomic E-state index is -3.74. The lowest BCUT2D eigenvalue weighted by molar-refractivity contribution is -0.132. The molecule has 8 nitrogen and oxygen atoms in total. The second kappa shape index (κ2) is 8.79. The van der Waals surface area contributed by atoms with Crippen molar-refractivity contribution in [1.29, 1.82) is 0 Å². The summed E-state index contributed by atoms with van der Waals surface area (Å²) in [4.78, 5) is 31.5. The topological polar surface area (TPSA) is 92.6 Å². The number of amides is 1. The van der Waals surface area contributed by atoms with E-state index in [2.05, 4.69) is 4.98 Å². The fraction of sp³-hybridized carbons (Fsp3) is 0.318. The van der Waals surface area contributed by atoms with E-state index < -0.39 is 15.8 Å². The maximum absolute atomic E-state index is 13.1. The van der Waals surface area contributed by atoms with Crippen molar-refractivity contribution >= 4 is 26.8 Å². The van der Waals surface area contributed by atoms with Gasteiger partial charge < -0.3 is 4.90 Å². The fourth-order valence-corrected chi connectivity index (χ4v) is 5.26. The number of piperazine rings is 1. The zero-order valence-electron chi connectivity index (χ0n) is 17.6. The van der Waals surface area contributed by atoms with Crippen LogP contribution in [0, 0.1) is 12.7 Å². The zero-order chi connectivity index (χ0) is 22.9. The van der Waals surface area contributed by atoms with Gasteiger partial charge in [0.2, 0.25) is 15.9 Å². The number of sulfonamides is 1. The van der Waals surface area contributed by atoms with Crippen LogP contribution in [0.1, 0.15) is 12.2 Å². The largest absolute Gasteiger partial charge is 0.340 e. The first-order valence-electron chi connectivity index (χ1n) is 10.3. The third-order valence-electron chi connectivity index (χ3n) is 5.64. The molecule has 32 heavy (non-hydrogen) atoms. The quantitative estimate of drug-likeness (QED) is 0.581. The maximum Gasteiger partial charge on any atom is 0.261 e. The smallest absolute Gasteiger partial charge is 0.261 e. The molecule has 1 amide bonds. The molecule has 0 saturated carbocycles. The van der Waals surface area contributed by atoms with Gasteiger partial charge in [-0.2, -0.15) is 4.31 Å². The van der Waals surface area contributed by atoms with Gasteiger partial charge in [0.15, 0.2) is 0 Å². The van der Waals surface area contributed by atoms with E-state index in [1.165, 1.54) is 21.0 Å². The van der Waals surface area contributed by atoms with Gasteiger partial charge in [-0.3, -0.25) is 14.2 Å². The summed E-state index contributed by atoms with van der Waals surface area (Å²) >= 11 is 0. The standard InChI is InChI=1S/C22H23FN4O4S/c1-16-24-20-5-3-2-4-19(20)22(29)27(16)11-10-21(28)25-12-14-26(15-13-25)32(30,31)18-8-6-17(23)7-9-18/h2-9H,10-15H2,1H3. The van der Waals surface area contributed by atoms with E-state index in [0.29, 0.717) is 16.7 Å². The molecule has 0 radical (unpaired) electrons. The van der Waals surface area contributed by atoms with E-state index in [4.69, 9.17) is 0 Å². The Bertz CT molecular complexity index is 1310. The minimum absolute atomic E-state index is 0.0253. The van der Waals surface area contributed by atoms with E-state index in [9.17, 15) is 22.4 Å². The molecule has 0 spiro atoms. The number of nitrogens with zero attached hydrogens (tertiary/aromatic N) is 4. The van der Waals surface area contributed by atoms with E-state index in [1.807, 2.05) is 6.07 Å². The molecule has 2 heterocycles. The van der Waals surface area contributed by atoms with Gasteiger partial charge in [0, 0.05) is 39.1 Å². The van der Waals surface area contributed by atoms with E-state index in [-0.39, 0.29) is 55.5 Å². The predicted octanol–water partition coefficient (Wildman–Crippen LogP) is 1.77. The number of rotatable bonds is 5. The fourth-order valence-electron chi connectivity index (χ4n) is 3.84. The van der Waals surface area contributed by atoms with Gasteiger partial charge in [-0.1, -0.05) is 12.1 Å². The monoisotopic (exact) mass is 458 g/mol. The lowest BCUT2D eigenvalue weighted by Gasteiger charge is -2.34. The molecule has 10 heteroatoms. The number of halogens is 1. The number of hydrogen-bond acceptors (Lipinski definition) is 5. The van der Waals surface area contributed by atoms with Crippen molar-refractivity contribution in [3.63, 3.8) is 0 Å². The summed E-state index contributed by atoms with van der Waals surface area (Å²) < 4.78 is 41.3. The van der Waals surface area contributed by atoms with E-state index >= 15 is 0 Å². The molecule has 4 rings (SSSR count). The zero-order valence-corrected chi connectivity index (χ0v) is 18.4. The number of para-hydroxylation sites is 1. The number of aryl methyl sites for hydroxylation is 1. The molecule has 0 unspecified atom stereocenters. The summed E-state index contributed by atoms with van der Waals surface area (Å²) in [6.45, 7) is 2.75. The van der Waals surface area contributed by atoms with Crippen LogP contribution in [-0.4, -0.2) is 59.3 Å². The van der Waals surface area contributed by atoms with Crippen LogP contribution in [0.5, 0.6) is 0 Å². The van der Waals surface area contributed by atoms with Gasteiger partial charge >= 0.3 is 0 Å². The third-order valence-corrected chi connectivity index (χ3v) is 7.56. The normalized spacial score (nSPS) is 15.2. The molecule has 0 aliphatic carbocycles. The SMILES string of the molecule is Cc1nc2ccccc2c(=O)n1CCC(=O)N1CCN(S(=O)(=O)c2ccc(F)cc2)CC1. The van der Waals surface area contributed by atoms with Crippen LogP contribution in [-0.2, 0) is 21.4 Å². The van der Waals surface area contributed by atoms with E-state index in [0.717, 1.165) is 12.1 Å². The van der Waals surface area contributed by atoms with Crippen LogP contribution >= 0.6 is 0 Å².